The molecule has 0 radical (unpaired) electrons. The Labute approximate surface area is 224 Å². The predicted octanol–water partition coefficient (Wildman–Crippen LogP) is 4.70. The first-order valence-electron chi connectivity index (χ1n) is 13.7. The number of nitrogens with zero attached hydrogens (tertiary/aromatic N) is 4. The second-order valence-corrected chi connectivity index (χ2v) is 10.2. The molecule has 1 aliphatic rings. The van der Waals surface area contributed by atoms with E-state index in [0.29, 0.717) is 32.0 Å². The molecular weight excluding hydrogens is 480 g/mol. The molecule has 2 heterocycles. The molecule has 1 saturated heterocycles. The summed E-state index contributed by atoms with van der Waals surface area (Å²) < 4.78 is 1.87. The van der Waals surface area contributed by atoms with Crippen molar-refractivity contribution < 1.29 is 14.8 Å². The van der Waals surface area contributed by atoms with Gasteiger partial charge in [-0.05, 0) is 75.0 Å². The third-order valence-electron chi connectivity index (χ3n) is 7.59. The van der Waals surface area contributed by atoms with Gasteiger partial charge in [-0.25, -0.2) is 10.3 Å². The lowest BCUT2D eigenvalue weighted by atomic mass is 10.0. The highest BCUT2D eigenvalue weighted by molar-refractivity contribution is 5.92. The molecular formula is C29H40N6O3. The van der Waals surface area contributed by atoms with Crippen LogP contribution in [0.1, 0.15) is 51.4 Å². The first-order valence-corrected chi connectivity index (χ1v) is 13.7. The number of carbonyl (C=O) groups is 2. The van der Waals surface area contributed by atoms with Gasteiger partial charge in [-0.15, -0.1) is 0 Å². The molecule has 3 aromatic rings. The van der Waals surface area contributed by atoms with E-state index in [-0.39, 0.29) is 11.9 Å². The minimum absolute atomic E-state index is 0.0747. The Morgan fingerprint density at radius 3 is 2.55 bits per heavy atom. The van der Waals surface area contributed by atoms with Gasteiger partial charge in [0.15, 0.2) is 0 Å². The Morgan fingerprint density at radius 1 is 1.05 bits per heavy atom. The van der Waals surface area contributed by atoms with Crippen LogP contribution in [0.25, 0.3) is 22.0 Å². The summed E-state index contributed by atoms with van der Waals surface area (Å²) in [4.78, 5) is 28.7. The molecule has 2 aromatic carbocycles. The molecule has 0 aliphatic carbocycles. The van der Waals surface area contributed by atoms with Gasteiger partial charge in [0.25, 0.3) is 0 Å². The van der Waals surface area contributed by atoms with Gasteiger partial charge in [0.1, 0.15) is 0 Å². The van der Waals surface area contributed by atoms with Crippen LogP contribution in [-0.2, 0) is 11.8 Å². The van der Waals surface area contributed by atoms with E-state index in [2.05, 4.69) is 52.7 Å². The third kappa shape index (κ3) is 7.11. The number of likely N-dealkylation sites (tertiary alicyclic amines) is 1. The van der Waals surface area contributed by atoms with Crippen LogP contribution in [0.2, 0.25) is 0 Å². The molecule has 38 heavy (non-hydrogen) atoms. The molecule has 4 rings (SSSR count). The third-order valence-corrected chi connectivity index (χ3v) is 7.59. The van der Waals surface area contributed by atoms with E-state index in [1.807, 2.05) is 35.0 Å². The fourth-order valence-corrected chi connectivity index (χ4v) is 5.26. The molecule has 1 unspecified atom stereocenters. The zero-order chi connectivity index (χ0) is 26.9. The Kier molecular flexibility index (Phi) is 9.73. The highest BCUT2D eigenvalue weighted by atomic mass is 16.5. The summed E-state index contributed by atoms with van der Waals surface area (Å²) in [6.45, 7) is 2.38. The molecule has 1 atom stereocenters. The maximum atomic E-state index is 13.3. The molecule has 9 heteroatoms. The van der Waals surface area contributed by atoms with E-state index in [1.54, 1.807) is 5.48 Å². The van der Waals surface area contributed by atoms with Crippen molar-refractivity contribution >= 4 is 28.5 Å². The second kappa shape index (κ2) is 13.4. The average molecular weight is 521 g/mol. The fraction of sp³-hybridized carbons (Fsp3) is 0.483. The van der Waals surface area contributed by atoms with Crippen LogP contribution in [0, 0.1) is 0 Å². The van der Waals surface area contributed by atoms with Crippen molar-refractivity contribution in [2.75, 3.05) is 31.6 Å². The lowest BCUT2D eigenvalue weighted by Gasteiger charge is -2.25. The number of aromatic nitrogens is 2. The number of hydroxylamine groups is 1. The molecule has 9 nitrogen and oxygen atoms in total. The lowest BCUT2D eigenvalue weighted by Crippen LogP contribution is -2.42. The molecule has 0 bridgehead atoms. The Bertz CT molecular complexity index is 1210. The minimum atomic E-state index is -0.360. The lowest BCUT2D eigenvalue weighted by molar-refractivity contribution is -0.129. The summed E-state index contributed by atoms with van der Waals surface area (Å²) in [7, 11) is 4.10. The van der Waals surface area contributed by atoms with Crippen molar-refractivity contribution in [2.24, 2.45) is 7.05 Å². The molecule has 0 spiro atoms. The van der Waals surface area contributed by atoms with Gasteiger partial charge in [0, 0.05) is 43.7 Å². The van der Waals surface area contributed by atoms with Crippen LogP contribution < -0.4 is 15.7 Å². The molecule has 0 saturated carbocycles. The summed E-state index contributed by atoms with van der Waals surface area (Å²) in [6, 6.07) is 14.9. The van der Waals surface area contributed by atoms with Gasteiger partial charge >= 0.3 is 6.03 Å². The number of amides is 3. The van der Waals surface area contributed by atoms with Crippen molar-refractivity contribution in [1.82, 2.24) is 25.5 Å². The van der Waals surface area contributed by atoms with Crippen molar-refractivity contribution in [3.8, 4) is 11.1 Å². The van der Waals surface area contributed by atoms with Crippen molar-refractivity contribution in [3.63, 3.8) is 0 Å². The number of unbranched alkanes of at least 4 members (excludes halogenated alkanes) is 3. The van der Waals surface area contributed by atoms with Crippen LogP contribution >= 0.6 is 0 Å². The number of fused-ring (bicyclic) bond motifs is 1. The summed E-state index contributed by atoms with van der Waals surface area (Å²) in [5, 5.41) is 17.2. The van der Waals surface area contributed by atoms with Gasteiger partial charge in [-0.2, -0.15) is 5.10 Å². The topological polar surface area (TPSA) is 103 Å². The number of carbonyl (C=O) groups excluding carboxylic acids is 2. The number of nitrogens with one attached hydrogen (secondary N) is 2. The molecule has 204 valence electrons. The van der Waals surface area contributed by atoms with Gasteiger partial charge in [0.2, 0.25) is 5.91 Å². The molecule has 3 N–H and O–H groups in total. The summed E-state index contributed by atoms with van der Waals surface area (Å²) >= 11 is 0. The fourth-order valence-electron chi connectivity index (χ4n) is 5.26. The predicted molar refractivity (Wildman–Crippen MR) is 150 cm³/mol. The molecule has 1 aliphatic heterocycles. The van der Waals surface area contributed by atoms with E-state index in [4.69, 9.17) is 5.21 Å². The number of hydrogen-bond acceptors (Lipinski definition) is 5. The monoisotopic (exact) mass is 520 g/mol. The van der Waals surface area contributed by atoms with Gasteiger partial charge in [-0.3, -0.25) is 19.6 Å². The smallest absolute Gasteiger partial charge is 0.321 e. The number of rotatable bonds is 12. The van der Waals surface area contributed by atoms with Crippen LogP contribution in [0.3, 0.4) is 0 Å². The number of benzene rings is 2. The summed E-state index contributed by atoms with van der Waals surface area (Å²) in [5.41, 5.74) is 5.81. The Hall–Kier alpha value is -3.43. The highest BCUT2D eigenvalue weighted by Gasteiger charge is 2.21. The van der Waals surface area contributed by atoms with Crippen LogP contribution in [-0.4, -0.2) is 64.5 Å². The highest BCUT2D eigenvalue weighted by Crippen LogP contribution is 2.27. The number of anilines is 1. The average Bonchev–Trinajstić information content (AvgIpc) is 3.52. The number of urea groups is 1. The van der Waals surface area contributed by atoms with Gasteiger partial charge < -0.3 is 10.2 Å². The Morgan fingerprint density at radius 2 is 1.82 bits per heavy atom. The van der Waals surface area contributed by atoms with E-state index >= 15 is 0 Å². The zero-order valence-corrected chi connectivity index (χ0v) is 22.5. The van der Waals surface area contributed by atoms with E-state index < -0.39 is 0 Å². The van der Waals surface area contributed by atoms with Crippen LogP contribution in [0.15, 0.2) is 48.7 Å². The number of aryl methyl sites for hydroxylation is 1. The first-order chi connectivity index (χ1) is 18.5. The van der Waals surface area contributed by atoms with Crippen LogP contribution in [0.5, 0.6) is 0 Å². The van der Waals surface area contributed by atoms with Crippen molar-refractivity contribution in [3.05, 3.63) is 48.7 Å². The maximum absolute atomic E-state index is 13.3. The standard InChI is InChI=1S/C29H40N6O3/c1-33-18-7-8-25(33)16-17-30-29(37)35(19-6-4-3-5-9-28(36)32-38)26-14-12-22(13-15-26)23-10-11-24-21-31-34(2)27(24)20-23/h10-15,20-21,25,38H,3-9,16-19H2,1-2H3,(H,30,37)(H,32,36). The van der Waals surface area contributed by atoms with Crippen molar-refractivity contribution in [1.29, 1.82) is 0 Å². The van der Waals surface area contributed by atoms with Gasteiger partial charge in [0.05, 0.1) is 11.7 Å². The molecule has 1 aromatic heterocycles. The first kappa shape index (κ1) is 27.6. The SMILES string of the molecule is CN1CCCC1CCNC(=O)N(CCCCCCC(=O)NO)c1ccc(-c2ccc3cnn(C)c3c2)cc1. The number of hydrogen-bond donors (Lipinski definition) is 3. The Balaban J connectivity index is 1.40. The largest absolute Gasteiger partial charge is 0.338 e. The normalized spacial score (nSPS) is 15.6. The van der Waals surface area contributed by atoms with E-state index in [9.17, 15) is 9.59 Å². The van der Waals surface area contributed by atoms with E-state index in [0.717, 1.165) is 59.9 Å². The zero-order valence-electron chi connectivity index (χ0n) is 22.5. The van der Waals surface area contributed by atoms with Crippen molar-refractivity contribution in [2.45, 2.75) is 57.4 Å². The second-order valence-electron chi connectivity index (χ2n) is 10.2. The summed E-state index contributed by atoms with van der Waals surface area (Å²) in [5.74, 6) is -0.360. The maximum Gasteiger partial charge on any atom is 0.321 e. The quantitative estimate of drug-likeness (QED) is 0.183. The van der Waals surface area contributed by atoms with Crippen LogP contribution in [0.4, 0.5) is 10.5 Å². The molecule has 1 fully saturated rings. The minimum Gasteiger partial charge on any atom is -0.338 e. The van der Waals surface area contributed by atoms with E-state index in [1.165, 1.54) is 12.8 Å². The summed E-state index contributed by atoms with van der Waals surface area (Å²) in [6.07, 6.45) is 8.86. The molecule has 3 amide bonds. The van der Waals surface area contributed by atoms with Gasteiger partial charge in [-0.1, -0.05) is 37.1 Å².